The van der Waals surface area contributed by atoms with Crippen molar-refractivity contribution in [3.63, 3.8) is 0 Å². The predicted molar refractivity (Wildman–Crippen MR) is 109 cm³/mol. The summed E-state index contributed by atoms with van der Waals surface area (Å²) in [5.41, 5.74) is 2.28. The monoisotopic (exact) mass is 391 g/mol. The molecule has 1 aliphatic carbocycles. The number of carbonyl (C=O) groups is 2. The van der Waals surface area contributed by atoms with Gasteiger partial charge in [0.05, 0.1) is 17.3 Å². The summed E-state index contributed by atoms with van der Waals surface area (Å²) in [7, 11) is 0. The summed E-state index contributed by atoms with van der Waals surface area (Å²) in [5.74, 6) is -0.162. The number of hydrogen-bond acceptors (Lipinski definition) is 4. The van der Waals surface area contributed by atoms with E-state index < -0.39 is 0 Å². The van der Waals surface area contributed by atoms with Crippen molar-refractivity contribution in [2.45, 2.75) is 64.0 Å². The molecule has 0 spiro atoms. The van der Waals surface area contributed by atoms with Gasteiger partial charge in [0.2, 0.25) is 0 Å². The van der Waals surface area contributed by atoms with E-state index in [4.69, 9.17) is 5.26 Å². The quantitative estimate of drug-likeness (QED) is 0.834. The standard InChI is InChI=1S/C22H25N5O2/c23-14-15-9-11-17(12-10-15)24-21(28)19-18-8-4-5-13-27(18)20(26-19)22(29)25-16-6-2-1-3-7-16/h9-12,16H,1-8,13H2,(H,24,28)(H,25,29). The Bertz CT molecular complexity index is 949. The smallest absolute Gasteiger partial charge is 0.287 e. The van der Waals surface area contributed by atoms with E-state index in [9.17, 15) is 9.59 Å². The lowest BCUT2D eigenvalue weighted by Crippen LogP contribution is -2.37. The summed E-state index contributed by atoms with van der Waals surface area (Å²) >= 11 is 0. The Balaban J connectivity index is 1.55. The lowest BCUT2D eigenvalue weighted by atomic mass is 9.95. The van der Waals surface area contributed by atoms with Crippen LogP contribution < -0.4 is 10.6 Å². The van der Waals surface area contributed by atoms with Crippen molar-refractivity contribution in [2.75, 3.05) is 5.32 Å². The minimum absolute atomic E-state index is 0.183. The summed E-state index contributed by atoms with van der Waals surface area (Å²) in [6, 6.07) is 8.94. The van der Waals surface area contributed by atoms with Gasteiger partial charge >= 0.3 is 0 Å². The summed E-state index contributed by atoms with van der Waals surface area (Å²) in [6.45, 7) is 0.708. The van der Waals surface area contributed by atoms with Crippen LogP contribution in [0.15, 0.2) is 24.3 Å². The van der Waals surface area contributed by atoms with Crippen LogP contribution in [0.5, 0.6) is 0 Å². The first-order chi connectivity index (χ1) is 14.2. The average molecular weight is 391 g/mol. The Morgan fingerprint density at radius 2 is 1.79 bits per heavy atom. The third-order valence-electron chi connectivity index (χ3n) is 5.75. The Labute approximate surface area is 170 Å². The second-order valence-electron chi connectivity index (χ2n) is 7.79. The van der Waals surface area contributed by atoms with Gasteiger partial charge in [0.25, 0.3) is 11.8 Å². The van der Waals surface area contributed by atoms with Crippen LogP contribution in [-0.2, 0) is 13.0 Å². The van der Waals surface area contributed by atoms with Gasteiger partial charge in [-0.1, -0.05) is 19.3 Å². The third kappa shape index (κ3) is 4.16. The number of benzene rings is 1. The largest absolute Gasteiger partial charge is 0.347 e. The number of imidazole rings is 1. The lowest BCUT2D eigenvalue weighted by Gasteiger charge is -2.23. The fourth-order valence-electron chi connectivity index (χ4n) is 4.21. The highest BCUT2D eigenvalue weighted by atomic mass is 16.2. The Kier molecular flexibility index (Phi) is 5.61. The van der Waals surface area contributed by atoms with Crippen LogP contribution in [0.4, 0.5) is 5.69 Å². The maximum absolute atomic E-state index is 12.9. The van der Waals surface area contributed by atoms with Gasteiger partial charge in [0, 0.05) is 18.3 Å². The number of nitrogens with zero attached hydrogens (tertiary/aromatic N) is 3. The molecule has 0 unspecified atom stereocenters. The molecule has 4 rings (SSSR count). The van der Waals surface area contributed by atoms with E-state index in [0.29, 0.717) is 29.3 Å². The van der Waals surface area contributed by atoms with E-state index in [0.717, 1.165) is 50.6 Å². The van der Waals surface area contributed by atoms with Crippen molar-refractivity contribution in [3.05, 3.63) is 47.0 Å². The molecule has 2 aromatic rings. The minimum atomic E-state index is -0.322. The molecule has 2 aliphatic rings. The molecule has 7 heteroatoms. The first-order valence-corrected chi connectivity index (χ1v) is 10.4. The fourth-order valence-corrected chi connectivity index (χ4v) is 4.21. The maximum Gasteiger partial charge on any atom is 0.287 e. The average Bonchev–Trinajstić information content (AvgIpc) is 3.15. The van der Waals surface area contributed by atoms with Gasteiger partial charge < -0.3 is 15.2 Å². The molecule has 0 atom stereocenters. The summed E-state index contributed by atoms with van der Waals surface area (Å²) < 4.78 is 1.91. The van der Waals surface area contributed by atoms with E-state index in [-0.39, 0.29) is 17.9 Å². The van der Waals surface area contributed by atoms with Crippen LogP contribution in [0.3, 0.4) is 0 Å². The van der Waals surface area contributed by atoms with E-state index in [1.807, 2.05) is 4.57 Å². The predicted octanol–water partition coefficient (Wildman–Crippen LogP) is 3.41. The lowest BCUT2D eigenvalue weighted by molar-refractivity contribution is 0.0911. The molecule has 0 saturated heterocycles. The Hall–Kier alpha value is -3.14. The molecule has 0 radical (unpaired) electrons. The van der Waals surface area contributed by atoms with Gasteiger partial charge in [-0.2, -0.15) is 5.26 Å². The zero-order chi connectivity index (χ0) is 20.2. The highest BCUT2D eigenvalue weighted by Crippen LogP contribution is 2.23. The highest BCUT2D eigenvalue weighted by Gasteiger charge is 2.28. The third-order valence-corrected chi connectivity index (χ3v) is 5.75. The zero-order valence-corrected chi connectivity index (χ0v) is 16.4. The van der Waals surface area contributed by atoms with E-state index >= 15 is 0 Å². The Morgan fingerprint density at radius 3 is 2.52 bits per heavy atom. The molecule has 2 N–H and O–H groups in total. The summed E-state index contributed by atoms with van der Waals surface area (Å²) in [6.07, 6.45) is 8.21. The van der Waals surface area contributed by atoms with Crippen LogP contribution in [0.1, 0.15) is 77.3 Å². The van der Waals surface area contributed by atoms with Crippen LogP contribution in [0, 0.1) is 11.3 Å². The summed E-state index contributed by atoms with van der Waals surface area (Å²) in [4.78, 5) is 30.2. The minimum Gasteiger partial charge on any atom is -0.347 e. The van der Waals surface area contributed by atoms with Crippen molar-refractivity contribution in [1.82, 2.24) is 14.9 Å². The van der Waals surface area contributed by atoms with Crippen LogP contribution >= 0.6 is 0 Å². The number of nitriles is 1. The number of aromatic nitrogens is 2. The van der Waals surface area contributed by atoms with Crippen molar-refractivity contribution in [1.29, 1.82) is 5.26 Å². The molecule has 1 aliphatic heterocycles. The molecule has 29 heavy (non-hydrogen) atoms. The molecule has 1 aromatic heterocycles. The van der Waals surface area contributed by atoms with Gasteiger partial charge in [-0.05, 0) is 56.4 Å². The molecule has 2 heterocycles. The van der Waals surface area contributed by atoms with Crippen molar-refractivity contribution >= 4 is 17.5 Å². The fraction of sp³-hybridized carbons (Fsp3) is 0.455. The molecule has 0 bridgehead atoms. The number of rotatable bonds is 4. The molecule has 150 valence electrons. The van der Waals surface area contributed by atoms with E-state index in [2.05, 4.69) is 21.7 Å². The van der Waals surface area contributed by atoms with Gasteiger partial charge in [-0.3, -0.25) is 9.59 Å². The number of anilines is 1. The molecule has 2 amide bonds. The van der Waals surface area contributed by atoms with E-state index in [1.54, 1.807) is 24.3 Å². The van der Waals surface area contributed by atoms with Crippen LogP contribution in [-0.4, -0.2) is 27.4 Å². The summed E-state index contributed by atoms with van der Waals surface area (Å²) in [5, 5.41) is 14.9. The first-order valence-electron chi connectivity index (χ1n) is 10.4. The first kappa shape index (κ1) is 19.2. The Morgan fingerprint density at radius 1 is 1.03 bits per heavy atom. The normalized spacial score (nSPS) is 16.5. The number of nitrogens with one attached hydrogen (secondary N) is 2. The number of hydrogen-bond donors (Lipinski definition) is 2. The second-order valence-corrected chi connectivity index (χ2v) is 7.79. The van der Waals surface area contributed by atoms with Crippen LogP contribution in [0.25, 0.3) is 0 Å². The number of amides is 2. The van der Waals surface area contributed by atoms with Crippen molar-refractivity contribution < 1.29 is 9.59 Å². The molecule has 1 fully saturated rings. The van der Waals surface area contributed by atoms with E-state index in [1.165, 1.54) is 6.42 Å². The van der Waals surface area contributed by atoms with Gasteiger partial charge in [0.1, 0.15) is 0 Å². The van der Waals surface area contributed by atoms with Crippen molar-refractivity contribution in [2.24, 2.45) is 0 Å². The van der Waals surface area contributed by atoms with Crippen LogP contribution in [0.2, 0.25) is 0 Å². The molecule has 1 aromatic carbocycles. The molecule has 7 nitrogen and oxygen atoms in total. The molecular formula is C22H25N5O2. The topological polar surface area (TPSA) is 99.8 Å². The zero-order valence-electron chi connectivity index (χ0n) is 16.4. The number of fused-ring (bicyclic) bond motifs is 1. The highest BCUT2D eigenvalue weighted by molar-refractivity contribution is 6.05. The maximum atomic E-state index is 12.9. The van der Waals surface area contributed by atoms with Crippen molar-refractivity contribution in [3.8, 4) is 6.07 Å². The second kappa shape index (κ2) is 8.48. The van der Waals surface area contributed by atoms with Gasteiger partial charge in [0.15, 0.2) is 11.5 Å². The SMILES string of the molecule is N#Cc1ccc(NC(=O)c2nc(C(=O)NC3CCCCC3)n3c2CCCC3)cc1. The molecule has 1 saturated carbocycles. The molecular weight excluding hydrogens is 366 g/mol. The number of carbonyl (C=O) groups excluding carboxylic acids is 2. The van der Waals surface area contributed by atoms with Gasteiger partial charge in [-0.15, -0.1) is 0 Å². The van der Waals surface area contributed by atoms with Gasteiger partial charge in [-0.25, -0.2) is 4.98 Å².